The molecule has 2 aromatic heterocycles. The second-order valence-corrected chi connectivity index (χ2v) is 5.44. The van der Waals surface area contributed by atoms with Gasteiger partial charge in [-0.2, -0.15) is 0 Å². The Bertz CT molecular complexity index is 1040. The lowest BCUT2D eigenvalue weighted by atomic mass is 10.1. The topological polar surface area (TPSA) is 52.3 Å². The number of hydrogen-bond acceptors (Lipinski definition) is 4. The van der Waals surface area contributed by atoms with Crippen LogP contribution in [0.2, 0.25) is 5.02 Å². The number of fused-ring (bicyclic) bond motifs is 3. The van der Waals surface area contributed by atoms with Crippen molar-refractivity contribution in [3.8, 4) is 5.75 Å². The Hall–Kier alpha value is -2.85. The number of rotatable bonds is 2. The van der Waals surface area contributed by atoms with Crippen LogP contribution in [0, 0.1) is 0 Å². The standard InChI is InChI=1S/C18H10ClNO3/c19-11-7-8-20-15(9-11)18(21)22-12-5-6-17-14(10-12)13-3-1-2-4-16(13)23-17/h1-10H. The Kier molecular flexibility index (Phi) is 3.24. The first-order chi connectivity index (χ1) is 11.2. The Balaban J connectivity index is 1.71. The van der Waals surface area contributed by atoms with Crippen LogP contribution in [0.15, 0.2) is 65.2 Å². The molecular weight excluding hydrogens is 314 g/mol. The third-order valence-corrected chi connectivity index (χ3v) is 3.72. The minimum atomic E-state index is -0.556. The normalized spacial score (nSPS) is 11.0. The van der Waals surface area contributed by atoms with Gasteiger partial charge < -0.3 is 9.15 Å². The quantitative estimate of drug-likeness (QED) is 0.391. The molecule has 0 atom stereocenters. The van der Waals surface area contributed by atoms with Gasteiger partial charge in [0, 0.05) is 22.0 Å². The van der Waals surface area contributed by atoms with E-state index in [0.29, 0.717) is 10.8 Å². The molecule has 0 fully saturated rings. The second kappa shape index (κ2) is 5.41. The van der Waals surface area contributed by atoms with Crippen molar-refractivity contribution in [2.24, 2.45) is 0 Å². The Morgan fingerprint density at radius 2 is 1.83 bits per heavy atom. The van der Waals surface area contributed by atoms with Crippen molar-refractivity contribution in [3.05, 3.63) is 71.5 Å². The molecule has 0 radical (unpaired) electrons. The molecule has 0 saturated heterocycles. The molecule has 2 aromatic carbocycles. The lowest BCUT2D eigenvalue weighted by Gasteiger charge is -2.04. The van der Waals surface area contributed by atoms with Crippen LogP contribution in [0.5, 0.6) is 5.75 Å². The molecule has 0 aliphatic rings. The summed E-state index contributed by atoms with van der Waals surface area (Å²) in [4.78, 5) is 16.1. The average Bonchev–Trinajstić information content (AvgIpc) is 2.93. The Morgan fingerprint density at radius 3 is 2.70 bits per heavy atom. The van der Waals surface area contributed by atoms with Gasteiger partial charge in [-0.05, 0) is 36.4 Å². The summed E-state index contributed by atoms with van der Waals surface area (Å²) >= 11 is 5.86. The SMILES string of the molecule is O=C(Oc1ccc2oc3ccccc3c2c1)c1cc(Cl)ccn1. The summed E-state index contributed by atoms with van der Waals surface area (Å²) in [5.74, 6) is -0.129. The van der Waals surface area contributed by atoms with E-state index in [1.807, 2.05) is 24.3 Å². The van der Waals surface area contributed by atoms with E-state index in [-0.39, 0.29) is 5.69 Å². The maximum atomic E-state index is 12.1. The van der Waals surface area contributed by atoms with Gasteiger partial charge >= 0.3 is 5.97 Å². The third-order valence-electron chi connectivity index (χ3n) is 3.49. The fraction of sp³-hybridized carbons (Fsp3) is 0. The fourth-order valence-corrected chi connectivity index (χ4v) is 2.60. The largest absolute Gasteiger partial charge is 0.456 e. The Morgan fingerprint density at radius 1 is 1.00 bits per heavy atom. The van der Waals surface area contributed by atoms with Crippen molar-refractivity contribution in [2.45, 2.75) is 0 Å². The van der Waals surface area contributed by atoms with Crippen molar-refractivity contribution < 1.29 is 13.9 Å². The number of pyridine rings is 1. The molecule has 4 nitrogen and oxygen atoms in total. The van der Waals surface area contributed by atoms with E-state index >= 15 is 0 Å². The summed E-state index contributed by atoms with van der Waals surface area (Å²) in [7, 11) is 0. The maximum absolute atomic E-state index is 12.1. The number of hydrogen-bond donors (Lipinski definition) is 0. The zero-order chi connectivity index (χ0) is 15.8. The van der Waals surface area contributed by atoms with Crippen LogP contribution in [-0.2, 0) is 0 Å². The molecule has 112 valence electrons. The van der Waals surface area contributed by atoms with Gasteiger partial charge in [-0.3, -0.25) is 0 Å². The molecular formula is C18H10ClNO3. The molecule has 0 aliphatic carbocycles. The minimum absolute atomic E-state index is 0.162. The number of ether oxygens (including phenoxy) is 1. The third kappa shape index (κ3) is 2.53. The lowest BCUT2D eigenvalue weighted by Crippen LogP contribution is -2.10. The van der Waals surface area contributed by atoms with Gasteiger partial charge in [-0.15, -0.1) is 0 Å². The molecule has 4 rings (SSSR count). The van der Waals surface area contributed by atoms with Gasteiger partial charge in [-0.25, -0.2) is 9.78 Å². The number of nitrogens with zero attached hydrogens (tertiary/aromatic N) is 1. The van der Waals surface area contributed by atoms with E-state index < -0.39 is 5.97 Å². The fourth-order valence-electron chi connectivity index (χ4n) is 2.44. The molecule has 0 spiro atoms. The lowest BCUT2D eigenvalue weighted by molar-refractivity contribution is 0.0729. The summed E-state index contributed by atoms with van der Waals surface area (Å²) in [5, 5.41) is 2.30. The molecule has 0 aliphatic heterocycles. The van der Waals surface area contributed by atoms with E-state index in [2.05, 4.69) is 4.98 Å². The summed E-state index contributed by atoms with van der Waals surface area (Å²) in [6.07, 6.45) is 1.46. The smallest absolute Gasteiger partial charge is 0.362 e. The molecule has 2 heterocycles. The van der Waals surface area contributed by atoms with E-state index in [0.717, 1.165) is 21.9 Å². The minimum Gasteiger partial charge on any atom is -0.456 e. The van der Waals surface area contributed by atoms with Gasteiger partial charge in [0.25, 0.3) is 0 Å². The number of carbonyl (C=O) groups excluding carboxylic acids is 1. The average molecular weight is 324 g/mol. The van der Waals surface area contributed by atoms with E-state index in [1.54, 1.807) is 24.3 Å². The summed E-state index contributed by atoms with van der Waals surface area (Å²) in [5.41, 5.74) is 1.70. The Labute approximate surface area is 136 Å². The van der Waals surface area contributed by atoms with Gasteiger partial charge in [0.1, 0.15) is 22.6 Å². The van der Waals surface area contributed by atoms with Crippen LogP contribution in [0.4, 0.5) is 0 Å². The highest BCUT2D eigenvalue weighted by Crippen LogP contribution is 2.31. The van der Waals surface area contributed by atoms with Gasteiger partial charge in [0.05, 0.1) is 0 Å². The molecule has 0 unspecified atom stereocenters. The van der Waals surface area contributed by atoms with Crippen LogP contribution in [0.25, 0.3) is 21.9 Å². The zero-order valence-corrected chi connectivity index (χ0v) is 12.6. The van der Waals surface area contributed by atoms with Crippen LogP contribution < -0.4 is 4.74 Å². The number of halogens is 1. The van der Waals surface area contributed by atoms with Crippen LogP contribution in [-0.4, -0.2) is 11.0 Å². The zero-order valence-electron chi connectivity index (χ0n) is 11.8. The van der Waals surface area contributed by atoms with Crippen molar-refractivity contribution in [1.29, 1.82) is 0 Å². The number of furan rings is 1. The molecule has 5 heteroatoms. The number of carbonyl (C=O) groups is 1. The molecule has 0 bridgehead atoms. The molecule has 0 saturated carbocycles. The highest BCUT2D eigenvalue weighted by atomic mass is 35.5. The molecule has 0 amide bonds. The predicted molar refractivity (Wildman–Crippen MR) is 87.9 cm³/mol. The molecule has 4 aromatic rings. The second-order valence-electron chi connectivity index (χ2n) is 5.01. The number of para-hydroxylation sites is 1. The van der Waals surface area contributed by atoms with E-state index in [4.69, 9.17) is 20.8 Å². The van der Waals surface area contributed by atoms with Crippen LogP contribution >= 0.6 is 11.6 Å². The monoisotopic (exact) mass is 323 g/mol. The first kappa shape index (κ1) is 13.8. The number of aromatic nitrogens is 1. The van der Waals surface area contributed by atoms with E-state index in [9.17, 15) is 4.79 Å². The number of esters is 1. The van der Waals surface area contributed by atoms with Crippen molar-refractivity contribution in [2.75, 3.05) is 0 Å². The summed E-state index contributed by atoms with van der Waals surface area (Å²) in [6, 6.07) is 16.0. The van der Waals surface area contributed by atoms with Crippen molar-refractivity contribution >= 4 is 39.5 Å². The first-order valence-corrected chi connectivity index (χ1v) is 7.33. The van der Waals surface area contributed by atoms with Crippen molar-refractivity contribution in [1.82, 2.24) is 4.98 Å². The highest BCUT2D eigenvalue weighted by molar-refractivity contribution is 6.30. The maximum Gasteiger partial charge on any atom is 0.362 e. The highest BCUT2D eigenvalue weighted by Gasteiger charge is 2.13. The van der Waals surface area contributed by atoms with E-state index in [1.165, 1.54) is 12.3 Å². The van der Waals surface area contributed by atoms with Gasteiger partial charge in [0.15, 0.2) is 0 Å². The molecule has 0 N–H and O–H groups in total. The van der Waals surface area contributed by atoms with Crippen molar-refractivity contribution in [3.63, 3.8) is 0 Å². The van der Waals surface area contributed by atoms with Crippen LogP contribution in [0.3, 0.4) is 0 Å². The summed E-state index contributed by atoms with van der Waals surface area (Å²) in [6.45, 7) is 0. The van der Waals surface area contributed by atoms with Gasteiger partial charge in [-0.1, -0.05) is 29.8 Å². The van der Waals surface area contributed by atoms with Gasteiger partial charge in [0.2, 0.25) is 0 Å². The predicted octanol–water partition coefficient (Wildman–Crippen LogP) is 4.85. The number of benzene rings is 2. The molecule has 23 heavy (non-hydrogen) atoms. The van der Waals surface area contributed by atoms with Crippen LogP contribution in [0.1, 0.15) is 10.5 Å². The first-order valence-electron chi connectivity index (χ1n) is 6.96. The summed E-state index contributed by atoms with van der Waals surface area (Å²) < 4.78 is 11.1.